The molecule has 0 amide bonds. The summed E-state index contributed by atoms with van der Waals surface area (Å²) in [6.07, 6.45) is 0. The zero-order valence-corrected chi connectivity index (χ0v) is 19.1. The van der Waals surface area contributed by atoms with E-state index in [9.17, 15) is 0 Å². The molecule has 0 bridgehead atoms. The van der Waals surface area contributed by atoms with Crippen molar-refractivity contribution >= 4 is 11.6 Å². The Morgan fingerprint density at radius 2 is 1.39 bits per heavy atom. The molecular formula is C26H20Cl2N4O. The Labute approximate surface area is 203 Å². The fourth-order valence-corrected chi connectivity index (χ4v) is 3.44. The van der Waals surface area contributed by atoms with Crippen LogP contribution >= 0.6 is 11.6 Å². The molecular weight excluding hydrogens is 455 g/mol. The lowest BCUT2D eigenvalue weighted by molar-refractivity contribution is -0.734. The largest absolute Gasteiger partial charge is 1.00 e. The highest BCUT2D eigenvalue weighted by Gasteiger charge is 2.23. The Bertz CT molecular complexity index is 1310. The minimum atomic E-state index is 0. The number of aromatic nitrogens is 4. The molecule has 0 spiro atoms. The first kappa shape index (κ1) is 22.5. The summed E-state index contributed by atoms with van der Waals surface area (Å²) in [4.78, 5) is 3.54. The van der Waals surface area contributed by atoms with Gasteiger partial charge < -0.3 is 17.1 Å². The van der Waals surface area contributed by atoms with Crippen LogP contribution in [0, 0.1) is 0 Å². The highest BCUT2D eigenvalue weighted by Crippen LogP contribution is 2.20. The zero-order chi connectivity index (χ0) is 21.8. The molecule has 164 valence electrons. The molecule has 0 aliphatic carbocycles. The number of rotatable bonds is 6. The van der Waals surface area contributed by atoms with Gasteiger partial charge in [0.05, 0.1) is 10.7 Å². The van der Waals surface area contributed by atoms with E-state index in [1.165, 1.54) is 0 Å². The molecule has 0 fully saturated rings. The molecule has 5 nitrogen and oxygen atoms in total. The van der Waals surface area contributed by atoms with Gasteiger partial charge in [-0.25, -0.2) is 0 Å². The average molecular weight is 475 g/mol. The van der Waals surface area contributed by atoms with E-state index in [-0.39, 0.29) is 12.4 Å². The first-order valence-corrected chi connectivity index (χ1v) is 10.6. The van der Waals surface area contributed by atoms with Gasteiger partial charge in [0.25, 0.3) is 0 Å². The van der Waals surface area contributed by atoms with E-state index in [1.807, 2.05) is 109 Å². The first-order chi connectivity index (χ1) is 15.8. The maximum Gasteiger partial charge on any atom is 0.340 e. The molecule has 7 heteroatoms. The van der Waals surface area contributed by atoms with Crippen LogP contribution in [0.3, 0.4) is 0 Å². The second-order valence-corrected chi connectivity index (χ2v) is 7.65. The number of hydrogen-bond donors (Lipinski definition) is 0. The van der Waals surface area contributed by atoms with Crippen molar-refractivity contribution in [2.45, 2.75) is 6.61 Å². The standard InChI is InChI=1S/C26H20ClN4O.ClH/c27-22-13-15-24(16-14-22)31-29-26(28-30(31)23-9-5-2-6-10-23)21-11-17-25(18-12-21)32-19-20-7-3-1-4-8-20;/h1-18H,19H2;1H/q+1;/p-1. The van der Waals surface area contributed by atoms with Gasteiger partial charge in [0.1, 0.15) is 18.0 Å². The molecule has 5 rings (SSSR count). The number of tetrazole rings is 1. The van der Waals surface area contributed by atoms with Gasteiger partial charge in [0.15, 0.2) is 5.69 Å². The Morgan fingerprint density at radius 1 is 0.758 bits per heavy atom. The molecule has 0 saturated carbocycles. The van der Waals surface area contributed by atoms with E-state index in [4.69, 9.17) is 26.5 Å². The number of hydrogen-bond acceptors (Lipinski definition) is 3. The van der Waals surface area contributed by atoms with Crippen molar-refractivity contribution in [3.05, 3.63) is 120 Å². The molecule has 0 radical (unpaired) electrons. The summed E-state index contributed by atoms with van der Waals surface area (Å²) in [7, 11) is 0. The first-order valence-electron chi connectivity index (χ1n) is 10.2. The van der Waals surface area contributed by atoms with Crippen LogP contribution in [0.4, 0.5) is 0 Å². The summed E-state index contributed by atoms with van der Waals surface area (Å²) in [5, 5.41) is 10.2. The van der Waals surface area contributed by atoms with Crippen LogP contribution in [0.1, 0.15) is 5.56 Å². The Balaban J connectivity index is 0.00000259. The Kier molecular flexibility index (Phi) is 7.03. The molecule has 0 aliphatic heterocycles. The van der Waals surface area contributed by atoms with Gasteiger partial charge in [-0.15, -0.1) is 0 Å². The molecule has 0 unspecified atom stereocenters. The van der Waals surface area contributed by atoms with Gasteiger partial charge in [-0.05, 0) is 76.1 Å². The van der Waals surface area contributed by atoms with E-state index >= 15 is 0 Å². The van der Waals surface area contributed by atoms with Crippen molar-refractivity contribution in [3.8, 4) is 28.5 Å². The molecule has 1 aromatic heterocycles. The number of para-hydroxylation sites is 1. The molecule has 0 N–H and O–H groups in total. The lowest BCUT2D eigenvalue weighted by atomic mass is 10.2. The highest BCUT2D eigenvalue weighted by atomic mass is 35.5. The summed E-state index contributed by atoms with van der Waals surface area (Å²) in [5.74, 6) is 1.41. The zero-order valence-electron chi connectivity index (χ0n) is 17.6. The summed E-state index contributed by atoms with van der Waals surface area (Å²) in [6.45, 7) is 0.525. The van der Waals surface area contributed by atoms with Crippen molar-refractivity contribution in [1.82, 2.24) is 15.0 Å². The van der Waals surface area contributed by atoms with Crippen molar-refractivity contribution in [2.24, 2.45) is 0 Å². The summed E-state index contributed by atoms with van der Waals surface area (Å²) < 4.78 is 5.90. The Morgan fingerprint density at radius 3 is 2.06 bits per heavy atom. The average Bonchev–Trinajstić information content (AvgIpc) is 3.30. The van der Waals surface area contributed by atoms with Crippen molar-refractivity contribution in [2.75, 3.05) is 0 Å². The lowest BCUT2D eigenvalue weighted by Crippen LogP contribution is -3.00. The van der Waals surface area contributed by atoms with E-state index < -0.39 is 0 Å². The van der Waals surface area contributed by atoms with Crippen LogP contribution in [0.25, 0.3) is 22.8 Å². The van der Waals surface area contributed by atoms with Gasteiger partial charge in [-0.2, -0.15) is 0 Å². The van der Waals surface area contributed by atoms with E-state index in [0.717, 1.165) is 28.3 Å². The molecule has 0 atom stereocenters. The smallest absolute Gasteiger partial charge is 0.340 e. The number of ether oxygens (including phenoxy) is 1. The Hall–Kier alpha value is -3.67. The molecule has 4 aromatic carbocycles. The number of nitrogens with zero attached hydrogens (tertiary/aromatic N) is 4. The normalized spacial score (nSPS) is 10.5. The van der Waals surface area contributed by atoms with Crippen LogP contribution in [-0.2, 0) is 6.61 Å². The van der Waals surface area contributed by atoms with Crippen LogP contribution in [0.5, 0.6) is 5.75 Å². The molecule has 0 saturated heterocycles. The second kappa shape index (κ2) is 10.3. The fraction of sp³-hybridized carbons (Fsp3) is 0.0385. The van der Waals surface area contributed by atoms with E-state index in [2.05, 4.69) is 0 Å². The van der Waals surface area contributed by atoms with Crippen LogP contribution in [-0.4, -0.2) is 15.0 Å². The minimum Gasteiger partial charge on any atom is -1.00 e. The van der Waals surface area contributed by atoms with Gasteiger partial charge >= 0.3 is 5.82 Å². The van der Waals surface area contributed by atoms with Crippen LogP contribution in [0.15, 0.2) is 109 Å². The van der Waals surface area contributed by atoms with Gasteiger partial charge in [-0.1, -0.05) is 60.1 Å². The van der Waals surface area contributed by atoms with Crippen molar-refractivity contribution in [3.63, 3.8) is 0 Å². The second-order valence-electron chi connectivity index (χ2n) is 7.21. The summed E-state index contributed by atoms with van der Waals surface area (Å²) >= 11 is 6.07. The molecule has 0 aliphatic rings. The van der Waals surface area contributed by atoms with Crippen molar-refractivity contribution in [1.29, 1.82) is 0 Å². The number of benzene rings is 4. The third kappa shape index (κ3) is 5.22. The SMILES string of the molecule is Clc1ccc(-[n+]2nc(-c3ccc(OCc4ccccc4)cc3)nn2-c2ccccc2)cc1.[Cl-]. The van der Waals surface area contributed by atoms with Crippen molar-refractivity contribution < 1.29 is 21.9 Å². The third-order valence-corrected chi connectivity index (χ3v) is 5.22. The highest BCUT2D eigenvalue weighted by molar-refractivity contribution is 6.30. The monoisotopic (exact) mass is 474 g/mol. The summed E-state index contributed by atoms with van der Waals surface area (Å²) in [6, 6.07) is 35.3. The molecule has 5 aromatic rings. The number of halogens is 2. The topological polar surface area (TPSA) is 43.8 Å². The lowest BCUT2D eigenvalue weighted by Gasteiger charge is -2.05. The predicted molar refractivity (Wildman–Crippen MR) is 124 cm³/mol. The van der Waals surface area contributed by atoms with Crippen LogP contribution < -0.4 is 21.9 Å². The van der Waals surface area contributed by atoms with Crippen LogP contribution in [0.2, 0.25) is 5.02 Å². The fourth-order valence-electron chi connectivity index (χ4n) is 3.31. The predicted octanol–water partition coefficient (Wildman–Crippen LogP) is 2.45. The third-order valence-electron chi connectivity index (χ3n) is 4.96. The van der Waals surface area contributed by atoms with Gasteiger partial charge in [0, 0.05) is 9.82 Å². The van der Waals surface area contributed by atoms with Gasteiger partial charge in [0.2, 0.25) is 0 Å². The minimum absolute atomic E-state index is 0. The maximum atomic E-state index is 6.07. The molecule has 33 heavy (non-hydrogen) atoms. The van der Waals surface area contributed by atoms with E-state index in [0.29, 0.717) is 17.5 Å². The maximum absolute atomic E-state index is 6.07. The van der Waals surface area contributed by atoms with E-state index in [1.54, 1.807) is 9.59 Å². The quantitative estimate of drug-likeness (QED) is 0.355. The summed E-state index contributed by atoms with van der Waals surface area (Å²) in [5.41, 5.74) is 3.79. The molecule has 1 heterocycles. The van der Waals surface area contributed by atoms with Gasteiger partial charge in [-0.3, -0.25) is 0 Å².